The van der Waals surface area contributed by atoms with E-state index in [0.29, 0.717) is 5.75 Å². The lowest BCUT2D eigenvalue weighted by Crippen LogP contribution is -1.98. The van der Waals surface area contributed by atoms with Gasteiger partial charge >= 0.3 is 9.05 Å². The molecular formula is C11H26NO3S2+. The van der Waals surface area contributed by atoms with Crippen LogP contribution in [0.1, 0.15) is 57.8 Å². The van der Waals surface area contributed by atoms with Crippen molar-refractivity contribution in [1.82, 2.24) is 0 Å². The zero-order valence-electron chi connectivity index (χ0n) is 10.5. The SMILES string of the molecule is NCCCCCCCCCCC[S+]=S(=O)(O)O. The Bertz CT molecular complexity index is 268. The second-order valence-electron chi connectivity index (χ2n) is 4.24. The van der Waals surface area contributed by atoms with Gasteiger partial charge in [-0.3, -0.25) is 9.11 Å². The Labute approximate surface area is 109 Å². The van der Waals surface area contributed by atoms with Gasteiger partial charge < -0.3 is 5.73 Å². The van der Waals surface area contributed by atoms with Crippen LogP contribution in [-0.4, -0.2) is 25.6 Å². The molecule has 0 radical (unpaired) electrons. The van der Waals surface area contributed by atoms with Gasteiger partial charge in [0.25, 0.3) is 10.3 Å². The van der Waals surface area contributed by atoms with E-state index in [1.54, 1.807) is 0 Å². The average molecular weight is 284 g/mol. The molecule has 0 aromatic rings. The highest BCUT2D eigenvalue weighted by molar-refractivity contribution is 8.34. The molecule has 0 aromatic heterocycles. The molecule has 0 amide bonds. The highest BCUT2D eigenvalue weighted by Gasteiger charge is 2.08. The van der Waals surface area contributed by atoms with Crippen LogP contribution in [0.2, 0.25) is 0 Å². The first-order chi connectivity index (χ1) is 8.06. The van der Waals surface area contributed by atoms with E-state index in [2.05, 4.69) is 0 Å². The van der Waals surface area contributed by atoms with E-state index in [1.165, 1.54) is 38.5 Å². The van der Waals surface area contributed by atoms with Gasteiger partial charge in [-0.1, -0.05) is 38.5 Å². The van der Waals surface area contributed by atoms with Crippen molar-refractivity contribution in [2.24, 2.45) is 5.73 Å². The Morgan fingerprint density at radius 1 is 0.824 bits per heavy atom. The maximum atomic E-state index is 10.5. The molecule has 0 fully saturated rings. The van der Waals surface area contributed by atoms with Crippen molar-refractivity contribution < 1.29 is 13.3 Å². The van der Waals surface area contributed by atoms with Crippen LogP contribution < -0.4 is 5.73 Å². The minimum absolute atomic E-state index is 0.558. The van der Waals surface area contributed by atoms with E-state index in [4.69, 9.17) is 14.8 Å². The summed E-state index contributed by atoms with van der Waals surface area (Å²) in [6.07, 6.45) is 10.6. The maximum Gasteiger partial charge on any atom is 0.430 e. The molecule has 0 saturated heterocycles. The van der Waals surface area contributed by atoms with Gasteiger partial charge in [0.1, 0.15) is 0 Å². The summed E-state index contributed by atoms with van der Waals surface area (Å²) in [5, 5.41) is 0. The van der Waals surface area contributed by atoms with E-state index >= 15 is 0 Å². The number of hydrogen-bond acceptors (Lipinski definition) is 2. The first-order valence-electron chi connectivity index (χ1n) is 6.40. The average Bonchev–Trinajstić information content (AvgIpc) is 2.24. The van der Waals surface area contributed by atoms with Crippen LogP contribution in [0.15, 0.2) is 0 Å². The molecule has 0 aliphatic carbocycles. The minimum atomic E-state index is -3.58. The summed E-state index contributed by atoms with van der Waals surface area (Å²) >= 11 is 0. The normalized spacial score (nSPS) is 11.7. The molecule has 0 atom stereocenters. The molecule has 0 spiro atoms. The lowest BCUT2D eigenvalue weighted by atomic mass is 10.1. The highest BCUT2D eigenvalue weighted by Crippen LogP contribution is 2.09. The van der Waals surface area contributed by atoms with Gasteiger partial charge in [0, 0.05) is 6.42 Å². The van der Waals surface area contributed by atoms with Gasteiger partial charge in [0.2, 0.25) is 0 Å². The van der Waals surface area contributed by atoms with Crippen molar-refractivity contribution in [2.75, 3.05) is 12.3 Å². The van der Waals surface area contributed by atoms with Crippen molar-refractivity contribution in [3.05, 3.63) is 0 Å². The molecule has 4 N–H and O–H groups in total. The number of nitrogens with two attached hydrogens (primary N) is 1. The lowest BCUT2D eigenvalue weighted by Gasteiger charge is -2.00. The van der Waals surface area contributed by atoms with E-state index in [0.717, 1.165) is 36.1 Å². The topological polar surface area (TPSA) is 83.6 Å². The van der Waals surface area contributed by atoms with E-state index in [-0.39, 0.29) is 0 Å². The predicted octanol–water partition coefficient (Wildman–Crippen LogP) is 2.68. The van der Waals surface area contributed by atoms with E-state index < -0.39 is 9.05 Å². The Balaban J connectivity index is 3.12. The lowest BCUT2D eigenvalue weighted by molar-refractivity contribution is 0.450. The number of unbranched alkanes of at least 4 members (excludes halogenated alkanes) is 8. The summed E-state index contributed by atoms with van der Waals surface area (Å²) in [5.74, 6) is 0.558. The van der Waals surface area contributed by atoms with Gasteiger partial charge in [0.05, 0.1) is 0 Å². The monoisotopic (exact) mass is 284 g/mol. The summed E-state index contributed by atoms with van der Waals surface area (Å²) in [6, 6.07) is 0. The fourth-order valence-corrected chi connectivity index (χ4v) is 3.20. The summed E-state index contributed by atoms with van der Waals surface area (Å²) < 4.78 is 27.7. The molecule has 17 heavy (non-hydrogen) atoms. The van der Waals surface area contributed by atoms with Crippen LogP contribution in [0.4, 0.5) is 0 Å². The highest BCUT2D eigenvalue weighted by atomic mass is 32.9. The van der Waals surface area contributed by atoms with Crippen LogP contribution in [0.3, 0.4) is 0 Å². The van der Waals surface area contributed by atoms with Crippen molar-refractivity contribution in [1.29, 1.82) is 0 Å². The predicted molar refractivity (Wildman–Crippen MR) is 76.2 cm³/mol. The first-order valence-corrected chi connectivity index (χ1v) is 9.37. The van der Waals surface area contributed by atoms with Crippen molar-refractivity contribution >= 4 is 19.4 Å². The molecule has 6 heteroatoms. The molecule has 4 nitrogen and oxygen atoms in total. The summed E-state index contributed by atoms with van der Waals surface area (Å²) in [5.41, 5.74) is 5.41. The summed E-state index contributed by atoms with van der Waals surface area (Å²) in [4.78, 5) is 0. The zero-order chi connectivity index (χ0) is 13.0. The quantitative estimate of drug-likeness (QED) is 0.402. The Morgan fingerprint density at radius 3 is 1.65 bits per heavy atom. The van der Waals surface area contributed by atoms with Gasteiger partial charge in [-0.05, 0) is 19.4 Å². The van der Waals surface area contributed by atoms with Gasteiger partial charge in [-0.2, -0.15) is 4.21 Å². The molecule has 0 aliphatic rings. The fraction of sp³-hybridized carbons (Fsp3) is 1.00. The molecule has 0 saturated carbocycles. The molecule has 0 aliphatic heterocycles. The third-order valence-electron chi connectivity index (χ3n) is 2.59. The van der Waals surface area contributed by atoms with Crippen LogP contribution >= 0.6 is 0 Å². The second-order valence-corrected chi connectivity index (χ2v) is 7.79. The van der Waals surface area contributed by atoms with Crippen LogP contribution in [0, 0.1) is 0 Å². The molecule has 0 rings (SSSR count). The van der Waals surface area contributed by atoms with Crippen molar-refractivity contribution in [2.45, 2.75) is 57.8 Å². The number of hydrogen-bond donors (Lipinski definition) is 3. The zero-order valence-corrected chi connectivity index (χ0v) is 12.1. The maximum absolute atomic E-state index is 10.5. The van der Waals surface area contributed by atoms with Gasteiger partial charge in [-0.25, -0.2) is 0 Å². The molecule has 0 unspecified atom stereocenters. The first kappa shape index (κ1) is 17.2. The Kier molecular flexibility index (Phi) is 11.5. The largest absolute Gasteiger partial charge is 0.430 e. The van der Waals surface area contributed by atoms with E-state index in [1.807, 2.05) is 0 Å². The van der Waals surface area contributed by atoms with Crippen LogP contribution in [0.25, 0.3) is 0 Å². The molecule has 0 heterocycles. The Hall–Kier alpha value is 0.250. The summed E-state index contributed by atoms with van der Waals surface area (Å²) in [6.45, 7) is 0.802. The number of rotatable bonds is 11. The van der Waals surface area contributed by atoms with Crippen LogP contribution in [-0.2, 0) is 19.4 Å². The van der Waals surface area contributed by atoms with Gasteiger partial charge in [0.15, 0.2) is 5.75 Å². The van der Waals surface area contributed by atoms with E-state index in [9.17, 15) is 4.21 Å². The smallest absolute Gasteiger partial charge is 0.330 e. The summed E-state index contributed by atoms with van der Waals surface area (Å²) in [7, 11) is -2.84. The molecule has 104 valence electrons. The standard InChI is InChI=1S/C11H25NO3S2/c12-10-8-6-4-2-1-3-5-7-9-11-16-17(13,14)15/h1-12H2,(H-,13,14,15)/p+1. The molecule has 0 aromatic carbocycles. The van der Waals surface area contributed by atoms with Crippen LogP contribution in [0.5, 0.6) is 0 Å². The Morgan fingerprint density at radius 2 is 1.24 bits per heavy atom. The second kappa shape index (κ2) is 11.3. The van der Waals surface area contributed by atoms with Crippen molar-refractivity contribution in [3.8, 4) is 0 Å². The third kappa shape index (κ3) is 16.2. The minimum Gasteiger partial charge on any atom is -0.330 e. The van der Waals surface area contributed by atoms with Crippen molar-refractivity contribution in [3.63, 3.8) is 0 Å². The third-order valence-corrected chi connectivity index (χ3v) is 4.77. The molecule has 0 bridgehead atoms. The fourth-order valence-electron chi connectivity index (χ4n) is 1.65. The van der Waals surface area contributed by atoms with Gasteiger partial charge in [-0.15, -0.1) is 0 Å². The molecular weight excluding hydrogens is 258 g/mol.